The molecule has 45 heavy (non-hydrogen) atoms. The first-order chi connectivity index (χ1) is 22.3. The van der Waals surface area contributed by atoms with Crippen LogP contribution < -0.4 is 4.90 Å². The number of fused-ring (bicyclic) bond motifs is 6. The Hall–Kier alpha value is -5.29. The molecule has 9 aromatic rings. The summed E-state index contributed by atoms with van der Waals surface area (Å²) in [5, 5.41) is 6.12. The predicted octanol–water partition coefficient (Wildman–Crippen LogP) is 12.6. The Labute approximate surface area is 269 Å². The van der Waals surface area contributed by atoms with Crippen molar-refractivity contribution < 1.29 is 0 Å². The number of rotatable bonds is 5. The number of thiazole rings is 1. The SMILES string of the molecule is c1ccc(-c2ccc(N(c3ccc4ccccc4c3)c3ccc4c(c3)sc3ccc5nc(-c6ccccc6)sc5c34)cc2)cc1. The average molecular weight is 611 g/mol. The number of anilines is 3. The zero-order valence-corrected chi connectivity index (χ0v) is 25.9. The molecule has 0 saturated carbocycles. The molecule has 0 aliphatic rings. The standard InChI is InChI=1S/C41H26N2S2/c1-3-9-27(10-4-1)29-15-18-32(19-16-29)43(33-20-17-28-11-7-8-14-31(28)25-33)34-21-22-35-38(26-34)44-37-24-23-36-40(39(35)37)45-41(42-36)30-12-5-2-6-13-30/h1-26H. The van der Waals surface area contributed by atoms with Crippen LogP contribution in [0.25, 0.3) is 62.9 Å². The van der Waals surface area contributed by atoms with Crippen LogP contribution in [0.2, 0.25) is 0 Å². The van der Waals surface area contributed by atoms with Gasteiger partial charge in [0, 0.05) is 42.8 Å². The van der Waals surface area contributed by atoms with Crippen molar-refractivity contribution in [3.8, 4) is 21.7 Å². The van der Waals surface area contributed by atoms with Crippen LogP contribution >= 0.6 is 22.7 Å². The molecule has 4 heteroatoms. The van der Waals surface area contributed by atoms with Crippen molar-refractivity contribution in [1.29, 1.82) is 0 Å². The number of thiophene rings is 1. The third kappa shape index (κ3) is 4.58. The van der Waals surface area contributed by atoms with Crippen molar-refractivity contribution in [2.45, 2.75) is 0 Å². The van der Waals surface area contributed by atoms with Crippen molar-refractivity contribution in [3.05, 3.63) is 158 Å². The molecule has 0 spiro atoms. The Morgan fingerprint density at radius 2 is 1.09 bits per heavy atom. The quantitative estimate of drug-likeness (QED) is 0.193. The van der Waals surface area contributed by atoms with Crippen LogP contribution in [0.15, 0.2) is 158 Å². The number of hydrogen-bond donors (Lipinski definition) is 0. The van der Waals surface area contributed by atoms with E-state index >= 15 is 0 Å². The highest BCUT2D eigenvalue weighted by atomic mass is 32.1. The van der Waals surface area contributed by atoms with Gasteiger partial charge >= 0.3 is 0 Å². The summed E-state index contributed by atoms with van der Waals surface area (Å²) in [7, 11) is 0. The average Bonchev–Trinajstić information content (AvgIpc) is 3.71. The Morgan fingerprint density at radius 3 is 1.89 bits per heavy atom. The number of hydrogen-bond acceptors (Lipinski definition) is 4. The summed E-state index contributed by atoms with van der Waals surface area (Å²) in [6, 6.07) is 56.6. The summed E-state index contributed by atoms with van der Waals surface area (Å²) in [4.78, 5) is 7.39. The smallest absolute Gasteiger partial charge is 0.124 e. The molecule has 2 aromatic heterocycles. The van der Waals surface area contributed by atoms with Gasteiger partial charge in [-0.3, -0.25) is 0 Å². The topological polar surface area (TPSA) is 16.1 Å². The molecule has 0 bridgehead atoms. The van der Waals surface area contributed by atoms with Gasteiger partial charge in [0.05, 0.1) is 10.2 Å². The van der Waals surface area contributed by atoms with Crippen LogP contribution in [-0.2, 0) is 0 Å². The molecular formula is C41H26N2S2. The van der Waals surface area contributed by atoms with Crippen LogP contribution in [-0.4, -0.2) is 4.98 Å². The molecule has 0 unspecified atom stereocenters. The normalized spacial score (nSPS) is 11.6. The highest BCUT2D eigenvalue weighted by Gasteiger charge is 2.18. The third-order valence-electron chi connectivity index (χ3n) is 8.48. The zero-order chi connectivity index (χ0) is 29.7. The molecule has 0 saturated heterocycles. The van der Waals surface area contributed by atoms with E-state index in [9.17, 15) is 0 Å². The molecule has 7 aromatic carbocycles. The molecule has 212 valence electrons. The van der Waals surface area contributed by atoms with E-state index in [1.807, 2.05) is 11.3 Å². The summed E-state index contributed by atoms with van der Waals surface area (Å²) in [5.41, 5.74) is 8.06. The van der Waals surface area contributed by atoms with Gasteiger partial charge in [0.25, 0.3) is 0 Å². The predicted molar refractivity (Wildman–Crippen MR) is 196 cm³/mol. The fraction of sp³-hybridized carbons (Fsp3) is 0. The lowest BCUT2D eigenvalue weighted by Crippen LogP contribution is -2.09. The minimum absolute atomic E-state index is 1.06. The summed E-state index contributed by atoms with van der Waals surface area (Å²) in [6.07, 6.45) is 0. The first-order valence-electron chi connectivity index (χ1n) is 15.0. The van der Waals surface area contributed by atoms with Crippen molar-refractivity contribution >= 4 is 80.9 Å². The van der Waals surface area contributed by atoms with Crippen LogP contribution in [0.4, 0.5) is 17.1 Å². The second-order valence-corrected chi connectivity index (χ2v) is 13.3. The lowest BCUT2D eigenvalue weighted by molar-refractivity contribution is 1.30. The van der Waals surface area contributed by atoms with Gasteiger partial charge in [-0.15, -0.1) is 22.7 Å². The second-order valence-electron chi connectivity index (χ2n) is 11.2. The van der Waals surface area contributed by atoms with Crippen molar-refractivity contribution in [2.75, 3.05) is 4.90 Å². The number of benzene rings is 7. The maximum Gasteiger partial charge on any atom is 0.124 e. The maximum atomic E-state index is 5.01. The van der Waals surface area contributed by atoms with Gasteiger partial charge in [-0.25, -0.2) is 4.98 Å². The van der Waals surface area contributed by atoms with E-state index in [2.05, 4.69) is 163 Å². The van der Waals surface area contributed by atoms with Gasteiger partial charge in [-0.05, 0) is 70.4 Å². The number of nitrogens with zero attached hydrogens (tertiary/aromatic N) is 2. The molecule has 0 radical (unpaired) electrons. The van der Waals surface area contributed by atoms with E-state index in [0.717, 1.165) is 33.1 Å². The van der Waals surface area contributed by atoms with E-state index in [1.54, 1.807) is 11.3 Å². The first kappa shape index (κ1) is 26.1. The van der Waals surface area contributed by atoms with Crippen LogP contribution in [0.3, 0.4) is 0 Å². The number of aromatic nitrogens is 1. The molecule has 0 amide bonds. The van der Waals surface area contributed by atoms with Gasteiger partial charge in [0.2, 0.25) is 0 Å². The van der Waals surface area contributed by atoms with E-state index < -0.39 is 0 Å². The van der Waals surface area contributed by atoms with Crippen molar-refractivity contribution in [1.82, 2.24) is 4.98 Å². The summed E-state index contributed by atoms with van der Waals surface area (Å²) in [6.45, 7) is 0. The van der Waals surface area contributed by atoms with Gasteiger partial charge in [0.15, 0.2) is 0 Å². The molecule has 9 rings (SSSR count). The fourth-order valence-electron chi connectivity index (χ4n) is 6.27. The molecule has 2 heterocycles. The Bertz CT molecular complexity index is 2480. The van der Waals surface area contributed by atoms with E-state index in [4.69, 9.17) is 4.98 Å². The fourth-order valence-corrected chi connectivity index (χ4v) is 8.62. The van der Waals surface area contributed by atoms with E-state index in [-0.39, 0.29) is 0 Å². The van der Waals surface area contributed by atoms with Crippen LogP contribution in [0.5, 0.6) is 0 Å². The minimum atomic E-state index is 1.06. The molecule has 0 atom stereocenters. The summed E-state index contributed by atoms with van der Waals surface area (Å²) in [5.74, 6) is 0. The Kier molecular flexibility index (Phi) is 6.22. The van der Waals surface area contributed by atoms with Gasteiger partial charge in [0.1, 0.15) is 5.01 Å². The monoisotopic (exact) mass is 610 g/mol. The molecule has 0 N–H and O–H groups in total. The molecular weight excluding hydrogens is 585 g/mol. The van der Waals surface area contributed by atoms with E-state index in [1.165, 1.54) is 46.8 Å². The molecule has 0 aliphatic heterocycles. The van der Waals surface area contributed by atoms with Gasteiger partial charge < -0.3 is 4.90 Å². The highest BCUT2D eigenvalue weighted by molar-refractivity contribution is 7.28. The largest absolute Gasteiger partial charge is 0.310 e. The first-order valence-corrected chi connectivity index (χ1v) is 16.7. The van der Waals surface area contributed by atoms with Gasteiger partial charge in [-0.2, -0.15) is 0 Å². The Morgan fingerprint density at radius 1 is 0.444 bits per heavy atom. The third-order valence-corrected chi connectivity index (χ3v) is 10.7. The van der Waals surface area contributed by atoms with Crippen LogP contribution in [0, 0.1) is 0 Å². The second kappa shape index (κ2) is 10.7. The zero-order valence-electron chi connectivity index (χ0n) is 24.2. The lowest BCUT2D eigenvalue weighted by Gasteiger charge is -2.26. The van der Waals surface area contributed by atoms with Crippen molar-refractivity contribution in [3.63, 3.8) is 0 Å². The van der Waals surface area contributed by atoms with Crippen LogP contribution in [0.1, 0.15) is 0 Å². The maximum absolute atomic E-state index is 5.01. The minimum Gasteiger partial charge on any atom is -0.310 e. The van der Waals surface area contributed by atoms with Crippen molar-refractivity contribution in [2.24, 2.45) is 0 Å². The molecule has 2 nitrogen and oxygen atoms in total. The molecule has 0 aliphatic carbocycles. The Balaban J connectivity index is 1.20. The lowest BCUT2D eigenvalue weighted by atomic mass is 10.0. The summed E-state index contributed by atoms with van der Waals surface area (Å²) < 4.78 is 3.83. The van der Waals surface area contributed by atoms with Gasteiger partial charge in [-0.1, -0.05) is 109 Å². The van der Waals surface area contributed by atoms with E-state index in [0.29, 0.717) is 0 Å². The highest BCUT2D eigenvalue weighted by Crippen LogP contribution is 2.45. The summed E-state index contributed by atoms with van der Waals surface area (Å²) >= 11 is 3.65. The molecule has 0 fully saturated rings.